The Morgan fingerprint density at radius 1 is 1.17 bits per heavy atom. The molecule has 2 amide bonds. The SMILES string of the molecule is O=C(NC1CCCC1)[C@@H](c1cccnc1)N(C[C@H]1CCCO1)C(=O)c1ccco1. The summed E-state index contributed by atoms with van der Waals surface area (Å²) in [5, 5.41) is 3.15. The van der Waals surface area contributed by atoms with Crippen LogP contribution < -0.4 is 5.32 Å². The minimum atomic E-state index is -0.786. The lowest BCUT2D eigenvalue weighted by atomic mass is 10.0. The molecule has 7 heteroatoms. The van der Waals surface area contributed by atoms with Crippen molar-refractivity contribution in [2.75, 3.05) is 13.2 Å². The van der Waals surface area contributed by atoms with Gasteiger partial charge in [0.2, 0.25) is 5.91 Å². The number of aromatic nitrogens is 1. The Morgan fingerprint density at radius 2 is 2.03 bits per heavy atom. The number of nitrogens with zero attached hydrogens (tertiary/aromatic N) is 2. The van der Waals surface area contributed by atoms with Gasteiger partial charge in [-0.15, -0.1) is 0 Å². The number of hydrogen-bond donors (Lipinski definition) is 1. The molecule has 2 aromatic rings. The normalized spacial score (nSPS) is 20.5. The Kier molecular flexibility index (Phi) is 6.24. The molecule has 154 valence electrons. The van der Waals surface area contributed by atoms with Gasteiger partial charge in [-0.25, -0.2) is 0 Å². The first kappa shape index (κ1) is 19.6. The van der Waals surface area contributed by atoms with E-state index in [9.17, 15) is 9.59 Å². The van der Waals surface area contributed by atoms with Crippen molar-refractivity contribution in [3.8, 4) is 0 Å². The van der Waals surface area contributed by atoms with Crippen LogP contribution in [-0.2, 0) is 9.53 Å². The van der Waals surface area contributed by atoms with Crippen LogP contribution in [0.4, 0.5) is 0 Å². The van der Waals surface area contributed by atoms with Gasteiger partial charge in [-0.1, -0.05) is 18.9 Å². The summed E-state index contributed by atoms with van der Waals surface area (Å²) < 4.78 is 11.1. The summed E-state index contributed by atoms with van der Waals surface area (Å²) in [6.07, 6.45) is 10.7. The van der Waals surface area contributed by atoms with Crippen LogP contribution in [0.25, 0.3) is 0 Å². The molecule has 29 heavy (non-hydrogen) atoms. The molecule has 1 saturated heterocycles. The lowest BCUT2D eigenvalue weighted by Gasteiger charge is -2.33. The maximum Gasteiger partial charge on any atom is 0.290 e. The summed E-state index contributed by atoms with van der Waals surface area (Å²) in [4.78, 5) is 32.5. The van der Waals surface area contributed by atoms with Crippen LogP contribution in [0.5, 0.6) is 0 Å². The van der Waals surface area contributed by atoms with Crippen molar-refractivity contribution in [1.29, 1.82) is 0 Å². The largest absolute Gasteiger partial charge is 0.459 e. The first-order valence-corrected chi connectivity index (χ1v) is 10.4. The van der Waals surface area contributed by atoms with Crippen molar-refractivity contribution in [3.63, 3.8) is 0 Å². The third-order valence-electron chi connectivity index (χ3n) is 5.68. The molecule has 3 heterocycles. The maximum atomic E-state index is 13.4. The highest BCUT2D eigenvalue weighted by molar-refractivity contribution is 5.96. The van der Waals surface area contributed by atoms with Gasteiger partial charge in [0.05, 0.1) is 12.4 Å². The zero-order valence-electron chi connectivity index (χ0n) is 16.5. The Bertz CT molecular complexity index is 797. The topological polar surface area (TPSA) is 84.7 Å². The van der Waals surface area contributed by atoms with Gasteiger partial charge >= 0.3 is 0 Å². The Labute approximate surface area is 170 Å². The van der Waals surface area contributed by atoms with Crippen molar-refractivity contribution in [2.45, 2.75) is 56.7 Å². The number of amides is 2. The number of nitrogens with one attached hydrogen (secondary N) is 1. The van der Waals surface area contributed by atoms with E-state index in [4.69, 9.17) is 9.15 Å². The van der Waals surface area contributed by atoms with E-state index in [1.807, 2.05) is 6.07 Å². The Morgan fingerprint density at radius 3 is 2.69 bits per heavy atom. The molecular formula is C22H27N3O4. The average molecular weight is 397 g/mol. The van der Waals surface area contributed by atoms with Gasteiger partial charge < -0.3 is 19.4 Å². The van der Waals surface area contributed by atoms with E-state index >= 15 is 0 Å². The highest BCUT2D eigenvalue weighted by Gasteiger charge is 2.36. The summed E-state index contributed by atoms with van der Waals surface area (Å²) in [6.45, 7) is 1.01. The summed E-state index contributed by atoms with van der Waals surface area (Å²) >= 11 is 0. The van der Waals surface area contributed by atoms with Crippen LogP contribution in [0.15, 0.2) is 47.3 Å². The first-order valence-electron chi connectivity index (χ1n) is 10.4. The van der Waals surface area contributed by atoms with Crippen LogP contribution in [0.3, 0.4) is 0 Å². The smallest absolute Gasteiger partial charge is 0.290 e. The molecule has 1 aliphatic carbocycles. The lowest BCUT2D eigenvalue weighted by Crippen LogP contribution is -2.48. The third-order valence-corrected chi connectivity index (χ3v) is 5.68. The number of ether oxygens (including phenoxy) is 1. The van der Waals surface area contributed by atoms with Crippen LogP contribution >= 0.6 is 0 Å². The second kappa shape index (κ2) is 9.22. The number of pyridine rings is 1. The van der Waals surface area contributed by atoms with Gasteiger partial charge in [0.25, 0.3) is 5.91 Å². The number of rotatable bonds is 7. The fourth-order valence-electron chi connectivity index (χ4n) is 4.22. The second-order valence-electron chi connectivity index (χ2n) is 7.75. The molecule has 7 nitrogen and oxygen atoms in total. The summed E-state index contributed by atoms with van der Waals surface area (Å²) in [6, 6.07) is 6.29. The van der Waals surface area contributed by atoms with E-state index < -0.39 is 6.04 Å². The molecule has 0 radical (unpaired) electrons. The van der Waals surface area contributed by atoms with Gasteiger partial charge in [-0.2, -0.15) is 0 Å². The minimum Gasteiger partial charge on any atom is -0.459 e. The highest BCUT2D eigenvalue weighted by atomic mass is 16.5. The van der Waals surface area contributed by atoms with E-state index in [-0.39, 0.29) is 29.7 Å². The van der Waals surface area contributed by atoms with Crippen LogP contribution in [0.2, 0.25) is 0 Å². The van der Waals surface area contributed by atoms with E-state index in [1.54, 1.807) is 35.5 Å². The highest BCUT2D eigenvalue weighted by Crippen LogP contribution is 2.27. The lowest BCUT2D eigenvalue weighted by molar-refractivity contribution is -0.127. The monoisotopic (exact) mass is 397 g/mol. The number of furan rings is 1. The van der Waals surface area contributed by atoms with Crippen molar-refractivity contribution >= 4 is 11.8 Å². The molecule has 2 fully saturated rings. The molecule has 0 bridgehead atoms. The molecule has 1 aliphatic heterocycles. The molecule has 2 aliphatic rings. The quantitative estimate of drug-likeness (QED) is 0.776. The number of carbonyl (C=O) groups is 2. The molecule has 0 aromatic carbocycles. The van der Waals surface area contributed by atoms with Crippen LogP contribution in [-0.4, -0.2) is 47.0 Å². The molecule has 0 spiro atoms. The van der Waals surface area contributed by atoms with Gasteiger partial charge in [0.1, 0.15) is 6.04 Å². The van der Waals surface area contributed by atoms with Crippen molar-refractivity contribution in [2.24, 2.45) is 0 Å². The van der Waals surface area contributed by atoms with Crippen molar-refractivity contribution in [1.82, 2.24) is 15.2 Å². The van der Waals surface area contributed by atoms with E-state index in [0.29, 0.717) is 18.7 Å². The fraction of sp³-hybridized carbons (Fsp3) is 0.500. The number of carbonyl (C=O) groups excluding carboxylic acids is 2. The summed E-state index contributed by atoms with van der Waals surface area (Å²) in [5.74, 6) is -0.283. The molecule has 2 aromatic heterocycles. The average Bonchev–Trinajstić information content (AvgIpc) is 3.51. The second-order valence-corrected chi connectivity index (χ2v) is 7.75. The molecular weight excluding hydrogens is 370 g/mol. The molecule has 1 saturated carbocycles. The van der Waals surface area contributed by atoms with Gasteiger partial charge in [-0.3, -0.25) is 14.6 Å². The summed E-state index contributed by atoms with van der Waals surface area (Å²) in [5.41, 5.74) is 0.681. The Hall–Kier alpha value is -2.67. The van der Waals surface area contributed by atoms with E-state index in [1.165, 1.54) is 6.26 Å². The molecule has 0 unspecified atom stereocenters. The standard InChI is InChI=1S/C22H27N3O4/c26-21(24-17-7-1-2-8-17)20(16-6-3-11-23-14-16)25(15-18-9-4-12-28-18)22(27)19-10-5-13-29-19/h3,5-6,10-11,13-14,17-18,20H,1-2,4,7-9,12,15H2,(H,24,26)/t18-,20-/m1/s1. The van der Waals surface area contributed by atoms with E-state index in [2.05, 4.69) is 10.3 Å². The summed E-state index contributed by atoms with van der Waals surface area (Å²) in [7, 11) is 0. The van der Waals surface area contributed by atoms with Gasteiger partial charge in [0, 0.05) is 37.2 Å². The van der Waals surface area contributed by atoms with Gasteiger partial charge in [0.15, 0.2) is 5.76 Å². The zero-order chi connectivity index (χ0) is 20.1. The van der Waals surface area contributed by atoms with Gasteiger partial charge in [-0.05, 0) is 43.9 Å². The molecule has 2 atom stereocenters. The van der Waals surface area contributed by atoms with Crippen molar-refractivity contribution in [3.05, 3.63) is 54.2 Å². The fourth-order valence-corrected chi connectivity index (χ4v) is 4.22. The first-order chi connectivity index (χ1) is 14.2. The molecule has 4 rings (SSSR count). The van der Waals surface area contributed by atoms with Crippen molar-refractivity contribution < 1.29 is 18.7 Å². The van der Waals surface area contributed by atoms with Crippen LogP contribution in [0.1, 0.15) is 60.7 Å². The predicted octanol–water partition coefficient (Wildman–Crippen LogP) is 3.10. The minimum absolute atomic E-state index is 0.0904. The maximum absolute atomic E-state index is 13.4. The molecule has 1 N–H and O–H groups in total. The van der Waals surface area contributed by atoms with Crippen LogP contribution in [0, 0.1) is 0 Å². The third kappa shape index (κ3) is 4.67. The zero-order valence-corrected chi connectivity index (χ0v) is 16.5. The Balaban J connectivity index is 1.65. The predicted molar refractivity (Wildman–Crippen MR) is 106 cm³/mol. The van der Waals surface area contributed by atoms with E-state index in [0.717, 1.165) is 38.5 Å². The number of hydrogen-bond acceptors (Lipinski definition) is 5.